The van der Waals surface area contributed by atoms with Crippen molar-refractivity contribution in [3.05, 3.63) is 28.8 Å². The van der Waals surface area contributed by atoms with E-state index in [4.69, 9.17) is 11.6 Å². The van der Waals surface area contributed by atoms with Crippen LogP contribution in [-0.4, -0.2) is 57.4 Å². The molecular weight excluding hydrogens is 487 g/mol. The summed E-state index contributed by atoms with van der Waals surface area (Å²) in [5, 5.41) is 5.85. The number of alkyl halides is 3. The predicted molar refractivity (Wildman–Crippen MR) is 113 cm³/mol. The zero-order chi connectivity index (χ0) is 24.5. The number of sulfonamides is 1. The number of ether oxygens (including phenoxy) is 1. The van der Waals surface area contributed by atoms with E-state index in [9.17, 15) is 31.2 Å². The Bertz CT molecular complexity index is 908. The number of hydrogen-bond donors (Lipinski definition) is 2. The van der Waals surface area contributed by atoms with Crippen molar-refractivity contribution in [1.82, 2.24) is 5.32 Å². The van der Waals surface area contributed by atoms with Gasteiger partial charge in [-0.1, -0.05) is 16.8 Å². The Labute approximate surface area is 186 Å². The third-order valence-corrected chi connectivity index (χ3v) is 5.66. The van der Waals surface area contributed by atoms with Gasteiger partial charge in [0.25, 0.3) is 0 Å². The van der Waals surface area contributed by atoms with Gasteiger partial charge in [0.15, 0.2) is 0 Å². The second-order valence-corrected chi connectivity index (χ2v) is 9.47. The number of benzene rings is 1. The number of nitrogens with zero attached hydrogens (tertiary/aromatic N) is 1. The fourth-order valence-corrected chi connectivity index (χ4v) is 2.29. The second kappa shape index (κ2) is 12.0. The number of carbonyl (C=O) groups excluding carboxylic acids is 2. The fraction of sp³-hybridized carbons (Fsp3) is 0.438. The molecule has 1 amide bonds. The van der Waals surface area contributed by atoms with Crippen molar-refractivity contribution >= 4 is 57.4 Å². The normalized spacial score (nSPS) is 11.9. The Balaban J connectivity index is 0.000000649. The molecule has 15 heteroatoms. The zero-order valence-corrected chi connectivity index (χ0v) is 19.4. The SMILES string of the molecule is CNC(=O)O/N=C/C(C)(C)SC.COC(=O)c1cc(Cl)ccc1NS(=O)(=O)C(F)(F)F. The highest BCUT2D eigenvalue weighted by molar-refractivity contribution is 8.00. The molecule has 0 aliphatic heterocycles. The number of hydrogen-bond acceptors (Lipinski definition) is 8. The quantitative estimate of drug-likeness (QED) is 0.259. The first kappa shape index (κ1) is 28.8. The second-order valence-electron chi connectivity index (χ2n) is 5.90. The average Bonchev–Trinajstić information content (AvgIpc) is 2.67. The van der Waals surface area contributed by atoms with Crippen LogP contribution in [0.5, 0.6) is 0 Å². The Morgan fingerprint density at radius 2 is 1.84 bits per heavy atom. The molecule has 31 heavy (non-hydrogen) atoms. The Kier molecular flexibility index (Phi) is 11.2. The van der Waals surface area contributed by atoms with Gasteiger partial charge in [0.05, 0.1) is 24.6 Å². The lowest BCUT2D eigenvalue weighted by Crippen LogP contribution is -2.30. The summed E-state index contributed by atoms with van der Waals surface area (Å²) < 4.78 is 64.0. The molecule has 0 aliphatic rings. The van der Waals surface area contributed by atoms with E-state index in [0.29, 0.717) is 0 Å². The summed E-state index contributed by atoms with van der Waals surface area (Å²) in [5.74, 6) is -1.03. The maximum Gasteiger partial charge on any atom is 0.516 e. The number of carbonyl (C=O) groups is 2. The molecule has 0 heterocycles. The van der Waals surface area contributed by atoms with E-state index in [1.54, 1.807) is 18.0 Å². The van der Waals surface area contributed by atoms with Gasteiger partial charge < -0.3 is 10.1 Å². The molecule has 0 saturated carbocycles. The molecule has 2 N–H and O–H groups in total. The van der Waals surface area contributed by atoms with Gasteiger partial charge in [-0.05, 0) is 38.3 Å². The van der Waals surface area contributed by atoms with E-state index in [1.165, 1.54) is 11.8 Å². The average molecular weight is 508 g/mol. The highest BCUT2D eigenvalue weighted by Gasteiger charge is 2.46. The summed E-state index contributed by atoms with van der Waals surface area (Å²) in [7, 11) is -3.15. The highest BCUT2D eigenvalue weighted by atomic mass is 35.5. The van der Waals surface area contributed by atoms with Crippen molar-refractivity contribution in [1.29, 1.82) is 0 Å². The van der Waals surface area contributed by atoms with E-state index in [1.807, 2.05) is 20.1 Å². The van der Waals surface area contributed by atoms with Gasteiger partial charge in [-0.15, -0.1) is 0 Å². The molecule has 0 fully saturated rings. The van der Waals surface area contributed by atoms with Gasteiger partial charge in [0.2, 0.25) is 0 Å². The number of oxime groups is 1. The number of anilines is 1. The van der Waals surface area contributed by atoms with E-state index >= 15 is 0 Å². The van der Waals surface area contributed by atoms with E-state index < -0.39 is 38.8 Å². The topological polar surface area (TPSA) is 123 Å². The highest BCUT2D eigenvalue weighted by Crippen LogP contribution is 2.28. The molecule has 0 spiro atoms. The Morgan fingerprint density at radius 1 is 1.26 bits per heavy atom. The number of amides is 1. The van der Waals surface area contributed by atoms with Crippen LogP contribution in [0.4, 0.5) is 23.7 Å². The lowest BCUT2D eigenvalue weighted by atomic mass is 10.2. The molecule has 1 aromatic carbocycles. The molecule has 0 aliphatic carbocycles. The molecule has 1 rings (SSSR count). The van der Waals surface area contributed by atoms with E-state index in [2.05, 4.69) is 20.0 Å². The first-order chi connectivity index (χ1) is 14.1. The number of methoxy groups -OCH3 is 1. The first-order valence-corrected chi connectivity index (χ1v) is 11.1. The molecule has 0 radical (unpaired) electrons. The molecule has 0 aromatic heterocycles. The molecule has 176 valence electrons. The van der Waals surface area contributed by atoms with Gasteiger partial charge in [-0.3, -0.25) is 9.56 Å². The maximum atomic E-state index is 12.2. The molecule has 0 saturated heterocycles. The predicted octanol–water partition coefficient (Wildman–Crippen LogP) is 3.86. The summed E-state index contributed by atoms with van der Waals surface area (Å²) in [4.78, 5) is 26.3. The van der Waals surface area contributed by atoms with Crippen LogP contribution in [-0.2, 0) is 19.6 Å². The maximum absolute atomic E-state index is 12.2. The first-order valence-electron chi connectivity index (χ1n) is 8.05. The number of esters is 1. The van der Waals surface area contributed by atoms with E-state index in [-0.39, 0.29) is 9.77 Å². The minimum Gasteiger partial charge on any atom is -0.465 e. The molecule has 1 aromatic rings. The molecule has 0 bridgehead atoms. The van der Waals surface area contributed by atoms with Crippen LogP contribution >= 0.6 is 23.4 Å². The van der Waals surface area contributed by atoms with Crippen LogP contribution in [0.2, 0.25) is 5.02 Å². The summed E-state index contributed by atoms with van der Waals surface area (Å²) in [5.41, 5.74) is -6.50. The summed E-state index contributed by atoms with van der Waals surface area (Å²) in [6.07, 6.45) is 3.00. The Morgan fingerprint density at radius 3 is 2.29 bits per heavy atom. The number of rotatable bonds is 6. The van der Waals surface area contributed by atoms with Crippen molar-refractivity contribution in [2.24, 2.45) is 5.16 Å². The van der Waals surface area contributed by atoms with Crippen molar-refractivity contribution in [3.8, 4) is 0 Å². The largest absolute Gasteiger partial charge is 0.516 e. The Hall–Kier alpha value is -2.19. The smallest absolute Gasteiger partial charge is 0.465 e. The van der Waals surface area contributed by atoms with Crippen molar-refractivity contribution in [2.45, 2.75) is 24.1 Å². The summed E-state index contributed by atoms with van der Waals surface area (Å²) in [6.45, 7) is 3.96. The van der Waals surface area contributed by atoms with Gasteiger partial charge in [0, 0.05) is 16.8 Å². The minimum atomic E-state index is -5.63. The lowest BCUT2D eigenvalue weighted by Gasteiger charge is -2.13. The van der Waals surface area contributed by atoms with Crippen molar-refractivity contribution in [3.63, 3.8) is 0 Å². The monoisotopic (exact) mass is 507 g/mol. The van der Waals surface area contributed by atoms with Crippen LogP contribution in [0, 0.1) is 0 Å². The molecule has 0 unspecified atom stereocenters. The van der Waals surface area contributed by atoms with Gasteiger partial charge in [0.1, 0.15) is 0 Å². The lowest BCUT2D eigenvalue weighted by molar-refractivity contribution is -0.0429. The number of halogens is 4. The number of nitrogens with one attached hydrogen (secondary N) is 2. The van der Waals surface area contributed by atoms with Gasteiger partial charge >= 0.3 is 27.6 Å². The van der Waals surface area contributed by atoms with Crippen LogP contribution < -0.4 is 10.0 Å². The fourth-order valence-electron chi connectivity index (χ4n) is 1.39. The molecule has 9 nitrogen and oxygen atoms in total. The van der Waals surface area contributed by atoms with Crippen LogP contribution in [0.3, 0.4) is 0 Å². The standard InChI is InChI=1S/C9H7ClF3NO4S.C7H14N2O2S/c1-18-8(15)6-4-5(10)2-3-7(6)14-19(16,17)9(11,12)13;1-7(2,12-4)5-9-11-6(10)8-3/h2-4,14H,1H3;5H,1-4H3,(H,8,10)/b;9-5+. The van der Waals surface area contributed by atoms with Crippen molar-refractivity contribution < 1.29 is 40.8 Å². The van der Waals surface area contributed by atoms with Crippen LogP contribution in [0.1, 0.15) is 24.2 Å². The minimum absolute atomic E-state index is 0.0374. The summed E-state index contributed by atoms with van der Waals surface area (Å²) >= 11 is 7.20. The zero-order valence-electron chi connectivity index (χ0n) is 17.0. The van der Waals surface area contributed by atoms with E-state index in [0.717, 1.165) is 25.3 Å². The van der Waals surface area contributed by atoms with Crippen LogP contribution in [0.25, 0.3) is 0 Å². The van der Waals surface area contributed by atoms with Crippen molar-refractivity contribution in [2.75, 3.05) is 25.1 Å². The van der Waals surface area contributed by atoms with Gasteiger partial charge in [-0.25, -0.2) is 9.59 Å². The van der Waals surface area contributed by atoms with Crippen LogP contribution in [0.15, 0.2) is 23.4 Å². The third kappa shape index (κ3) is 10.1. The third-order valence-electron chi connectivity index (χ3n) is 3.17. The van der Waals surface area contributed by atoms with Gasteiger partial charge in [-0.2, -0.15) is 33.4 Å². The molecule has 0 atom stereocenters. The summed E-state index contributed by atoms with van der Waals surface area (Å²) in [6, 6.07) is 3.04. The molecular formula is C16H21ClF3N3O6S2. The number of thioether (sulfide) groups is 1.